The van der Waals surface area contributed by atoms with E-state index in [2.05, 4.69) is 17.1 Å². The fourth-order valence-corrected chi connectivity index (χ4v) is 2.58. The summed E-state index contributed by atoms with van der Waals surface area (Å²) in [5.74, 6) is 0.739. The van der Waals surface area contributed by atoms with Crippen molar-refractivity contribution in [3.8, 4) is 0 Å². The van der Waals surface area contributed by atoms with Crippen LogP contribution in [0.5, 0.6) is 0 Å². The summed E-state index contributed by atoms with van der Waals surface area (Å²) in [7, 11) is 0. The minimum atomic E-state index is -0.629. The molecule has 0 amide bonds. The standard InChI is InChI=1S/C17H19NO/c1-12-4-2-7-16(18-12)17(19)15-10-8-14(9-11-15)13-5-3-6-13/h2,4,7-11,13,17,19H,3,5-6H2,1H3. The van der Waals surface area contributed by atoms with Crippen molar-refractivity contribution in [2.75, 3.05) is 0 Å². The Morgan fingerprint density at radius 3 is 2.42 bits per heavy atom. The first-order chi connectivity index (χ1) is 9.24. The molecule has 0 bridgehead atoms. The summed E-state index contributed by atoms with van der Waals surface area (Å²) >= 11 is 0. The molecule has 2 nitrogen and oxygen atoms in total. The van der Waals surface area contributed by atoms with Gasteiger partial charge in [-0.25, -0.2) is 0 Å². The van der Waals surface area contributed by atoms with Gasteiger partial charge in [-0.05, 0) is 48.9 Å². The average molecular weight is 253 g/mol. The molecule has 1 saturated carbocycles. The third-order valence-corrected chi connectivity index (χ3v) is 4.02. The second-order valence-electron chi connectivity index (χ2n) is 5.40. The lowest BCUT2D eigenvalue weighted by Gasteiger charge is -2.26. The Labute approximate surface area is 114 Å². The van der Waals surface area contributed by atoms with E-state index in [1.54, 1.807) is 0 Å². The molecule has 1 aliphatic carbocycles. The molecular formula is C17H19NO. The van der Waals surface area contributed by atoms with E-state index in [1.807, 2.05) is 37.3 Å². The molecule has 0 spiro atoms. The first-order valence-electron chi connectivity index (χ1n) is 6.95. The maximum atomic E-state index is 10.4. The number of hydrogen-bond acceptors (Lipinski definition) is 2. The number of benzene rings is 1. The van der Waals surface area contributed by atoms with Crippen molar-refractivity contribution >= 4 is 0 Å². The van der Waals surface area contributed by atoms with Crippen LogP contribution in [0.2, 0.25) is 0 Å². The molecule has 2 aromatic rings. The SMILES string of the molecule is Cc1cccc(C(O)c2ccc(C3CCC3)cc2)n1. The Morgan fingerprint density at radius 1 is 1.11 bits per heavy atom. The lowest BCUT2D eigenvalue weighted by Crippen LogP contribution is -2.09. The highest BCUT2D eigenvalue weighted by atomic mass is 16.3. The van der Waals surface area contributed by atoms with Gasteiger partial charge >= 0.3 is 0 Å². The molecule has 1 aromatic heterocycles. The van der Waals surface area contributed by atoms with Crippen molar-refractivity contribution in [3.63, 3.8) is 0 Å². The third kappa shape index (κ3) is 2.54. The monoisotopic (exact) mass is 253 g/mol. The second kappa shape index (κ2) is 5.14. The largest absolute Gasteiger partial charge is 0.382 e. The third-order valence-electron chi connectivity index (χ3n) is 4.02. The van der Waals surface area contributed by atoms with E-state index in [0.717, 1.165) is 22.9 Å². The summed E-state index contributed by atoms with van der Waals surface area (Å²) < 4.78 is 0. The number of aromatic nitrogens is 1. The van der Waals surface area contributed by atoms with Crippen molar-refractivity contribution in [1.82, 2.24) is 4.98 Å². The molecule has 1 unspecified atom stereocenters. The Morgan fingerprint density at radius 2 is 1.84 bits per heavy atom. The van der Waals surface area contributed by atoms with Gasteiger partial charge in [0.05, 0.1) is 5.69 Å². The van der Waals surface area contributed by atoms with Crippen molar-refractivity contribution in [2.24, 2.45) is 0 Å². The Kier molecular flexibility index (Phi) is 3.34. The van der Waals surface area contributed by atoms with Gasteiger partial charge in [0.1, 0.15) is 6.10 Å². The first-order valence-corrected chi connectivity index (χ1v) is 6.95. The number of aliphatic hydroxyl groups is 1. The highest BCUT2D eigenvalue weighted by Crippen LogP contribution is 2.36. The quantitative estimate of drug-likeness (QED) is 0.904. The average Bonchev–Trinajstić information content (AvgIpc) is 2.37. The van der Waals surface area contributed by atoms with Crippen LogP contribution in [-0.2, 0) is 0 Å². The molecule has 0 aliphatic heterocycles. The van der Waals surface area contributed by atoms with Crippen LogP contribution in [0.15, 0.2) is 42.5 Å². The Balaban J connectivity index is 1.81. The van der Waals surface area contributed by atoms with Gasteiger partial charge in [-0.2, -0.15) is 0 Å². The Hall–Kier alpha value is -1.67. The van der Waals surface area contributed by atoms with Crippen molar-refractivity contribution in [2.45, 2.75) is 38.2 Å². The van der Waals surface area contributed by atoms with Crippen LogP contribution < -0.4 is 0 Å². The number of rotatable bonds is 3. The molecule has 1 aliphatic rings. The highest BCUT2D eigenvalue weighted by Gasteiger charge is 2.20. The fraction of sp³-hybridized carbons (Fsp3) is 0.353. The van der Waals surface area contributed by atoms with Crippen molar-refractivity contribution in [1.29, 1.82) is 0 Å². The molecule has 1 heterocycles. The van der Waals surface area contributed by atoms with Crippen molar-refractivity contribution in [3.05, 3.63) is 65.0 Å². The summed E-state index contributed by atoms with van der Waals surface area (Å²) in [5, 5.41) is 10.4. The summed E-state index contributed by atoms with van der Waals surface area (Å²) in [5.41, 5.74) is 3.97. The van der Waals surface area contributed by atoms with E-state index in [4.69, 9.17) is 0 Å². The van der Waals surface area contributed by atoms with E-state index in [1.165, 1.54) is 24.8 Å². The number of nitrogens with zero attached hydrogens (tertiary/aromatic N) is 1. The second-order valence-corrected chi connectivity index (χ2v) is 5.40. The van der Waals surface area contributed by atoms with Gasteiger partial charge in [0.25, 0.3) is 0 Å². The van der Waals surface area contributed by atoms with Crippen LogP contribution in [0, 0.1) is 6.92 Å². The van der Waals surface area contributed by atoms with Crippen LogP contribution in [0.4, 0.5) is 0 Å². The van der Waals surface area contributed by atoms with Gasteiger partial charge in [-0.3, -0.25) is 4.98 Å². The van der Waals surface area contributed by atoms with Crippen LogP contribution in [0.3, 0.4) is 0 Å². The smallest absolute Gasteiger partial charge is 0.121 e. The molecule has 1 atom stereocenters. The number of aryl methyl sites for hydroxylation is 1. The summed E-state index contributed by atoms with van der Waals surface area (Å²) in [6.07, 6.45) is 3.33. The van der Waals surface area contributed by atoms with Crippen LogP contribution >= 0.6 is 0 Å². The predicted octanol–water partition coefficient (Wildman–Crippen LogP) is 3.74. The lowest BCUT2D eigenvalue weighted by molar-refractivity contribution is 0.215. The van der Waals surface area contributed by atoms with Gasteiger partial charge in [-0.1, -0.05) is 36.8 Å². The van der Waals surface area contributed by atoms with Gasteiger partial charge < -0.3 is 5.11 Å². The first kappa shape index (κ1) is 12.4. The van der Waals surface area contributed by atoms with E-state index < -0.39 is 6.10 Å². The number of hydrogen-bond donors (Lipinski definition) is 1. The van der Waals surface area contributed by atoms with Crippen LogP contribution in [-0.4, -0.2) is 10.1 Å². The molecule has 1 fully saturated rings. The van der Waals surface area contributed by atoms with E-state index in [0.29, 0.717) is 0 Å². The summed E-state index contributed by atoms with van der Waals surface area (Å²) in [6, 6.07) is 14.1. The minimum absolute atomic E-state index is 0.629. The van der Waals surface area contributed by atoms with Crippen molar-refractivity contribution < 1.29 is 5.11 Å². The fourth-order valence-electron chi connectivity index (χ4n) is 2.58. The van der Waals surface area contributed by atoms with Gasteiger partial charge in [-0.15, -0.1) is 0 Å². The highest BCUT2D eigenvalue weighted by molar-refractivity contribution is 5.31. The molecular weight excluding hydrogens is 234 g/mol. The minimum Gasteiger partial charge on any atom is -0.382 e. The number of pyridine rings is 1. The van der Waals surface area contributed by atoms with E-state index in [-0.39, 0.29) is 0 Å². The zero-order chi connectivity index (χ0) is 13.2. The van der Waals surface area contributed by atoms with E-state index >= 15 is 0 Å². The van der Waals surface area contributed by atoms with Crippen LogP contribution in [0.1, 0.15) is 53.8 Å². The van der Waals surface area contributed by atoms with E-state index in [9.17, 15) is 5.11 Å². The molecule has 19 heavy (non-hydrogen) atoms. The summed E-state index contributed by atoms with van der Waals surface area (Å²) in [4.78, 5) is 4.38. The predicted molar refractivity (Wildman–Crippen MR) is 76.1 cm³/mol. The van der Waals surface area contributed by atoms with Crippen LogP contribution in [0.25, 0.3) is 0 Å². The normalized spacial score (nSPS) is 16.9. The maximum absolute atomic E-state index is 10.4. The van der Waals surface area contributed by atoms with Gasteiger partial charge in [0, 0.05) is 5.69 Å². The molecule has 98 valence electrons. The molecule has 0 saturated heterocycles. The zero-order valence-corrected chi connectivity index (χ0v) is 11.2. The zero-order valence-electron chi connectivity index (χ0n) is 11.2. The molecule has 2 heteroatoms. The van der Waals surface area contributed by atoms with Gasteiger partial charge in [0.15, 0.2) is 0 Å². The lowest BCUT2D eigenvalue weighted by atomic mass is 9.80. The molecule has 1 N–H and O–H groups in total. The summed E-state index contributed by atoms with van der Waals surface area (Å²) in [6.45, 7) is 1.94. The maximum Gasteiger partial charge on any atom is 0.121 e. The number of aliphatic hydroxyl groups excluding tert-OH is 1. The molecule has 3 rings (SSSR count). The molecule has 0 radical (unpaired) electrons. The topological polar surface area (TPSA) is 33.1 Å². The Bertz CT molecular complexity index is 558. The van der Waals surface area contributed by atoms with Gasteiger partial charge in [0.2, 0.25) is 0 Å². The molecule has 1 aromatic carbocycles.